The molecule has 1 amide bonds. The van der Waals surface area contributed by atoms with Crippen LogP contribution in [0.1, 0.15) is 21.5 Å². The second kappa shape index (κ2) is 9.49. The fourth-order valence-electron chi connectivity index (χ4n) is 2.92. The van der Waals surface area contributed by atoms with Crippen LogP contribution in [-0.2, 0) is 16.6 Å². The third kappa shape index (κ3) is 5.71. The van der Waals surface area contributed by atoms with Crippen molar-refractivity contribution in [2.24, 2.45) is 0 Å². The molecule has 0 aliphatic rings. The summed E-state index contributed by atoms with van der Waals surface area (Å²) in [7, 11) is -3.63. The number of amides is 1. The van der Waals surface area contributed by atoms with E-state index in [9.17, 15) is 13.2 Å². The Morgan fingerprint density at radius 2 is 1.68 bits per heavy atom. The predicted octanol–water partition coefficient (Wildman–Crippen LogP) is 6.17. The second-order valence-electron chi connectivity index (χ2n) is 6.95. The Kier molecular flexibility index (Phi) is 7.17. The van der Waals surface area contributed by atoms with Crippen molar-refractivity contribution in [3.63, 3.8) is 0 Å². The van der Waals surface area contributed by atoms with Crippen LogP contribution in [-0.4, -0.2) is 20.6 Å². The predicted molar refractivity (Wildman–Crippen MR) is 128 cm³/mol. The van der Waals surface area contributed by atoms with Gasteiger partial charge in [0.1, 0.15) is 0 Å². The molecule has 0 atom stereocenters. The molecule has 0 saturated carbocycles. The van der Waals surface area contributed by atoms with Crippen LogP contribution in [0.25, 0.3) is 0 Å². The number of rotatable bonds is 6. The van der Waals surface area contributed by atoms with Crippen LogP contribution in [0.3, 0.4) is 0 Å². The summed E-state index contributed by atoms with van der Waals surface area (Å²) in [5.41, 5.74) is 2.90. The number of carbonyl (C=O) groups is 1. The Morgan fingerprint density at radius 1 is 1.00 bits per heavy atom. The number of nitrogens with zero attached hydrogens (tertiary/aromatic N) is 1. The van der Waals surface area contributed by atoms with E-state index >= 15 is 0 Å². The Morgan fingerprint density at radius 3 is 2.32 bits per heavy atom. The van der Waals surface area contributed by atoms with E-state index in [1.54, 1.807) is 54.6 Å². The van der Waals surface area contributed by atoms with E-state index < -0.39 is 10.0 Å². The van der Waals surface area contributed by atoms with Gasteiger partial charge < -0.3 is 5.32 Å². The van der Waals surface area contributed by atoms with Crippen molar-refractivity contribution in [3.8, 4) is 0 Å². The van der Waals surface area contributed by atoms with E-state index in [2.05, 4.69) is 5.32 Å². The lowest BCUT2D eigenvalue weighted by atomic mass is 10.1. The van der Waals surface area contributed by atoms with Gasteiger partial charge in [-0.25, -0.2) is 8.42 Å². The largest absolute Gasteiger partial charge is 0.322 e. The standard InChI is InChI=1S/C22H19Cl3N2O3S/c1-14-6-11-17(23)12-19(14)26-22(28)16-9-7-15(8-10-16)13-27(31(2,29)30)20-5-3-4-18(24)21(20)25/h3-12H,13H2,1-2H3,(H,26,28). The fourth-order valence-corrected chi connectivity index (χ4v) is 4.43. The minimum absolute atomic E-state index is 0.0359. The number of nitrogens with one attached hydrogen (secondary N) is 1. The normalized spacial score (nSPS) is 11.3. The van der Waals surface area contributed by atoms with E-state index in [-0.39, 0.29) is 28.2 Å². The topological polar surface area (TPSA) is 66.5 Å². The third-order valence-corrected chi connectivity index (χ3v) is 6.76. The zero-order chi connectivity index (χ0) is 22.8. The molecule has 3 rings (SSSR count). The highest BCUT2D eigenvalue weighted by atomic mass is 35.5. The van der Waals surface area contributed by atoms with Gasteiger partial charge in [0.2, 0.25) is 10.0 Å². The lowest BCUT2D eigenvalue weighted by Gasteiger charge is -2.24. The third-order valence-electron chi connectivity index (χ3n) is 4.59. The quantitative estimate of drug-likeness (QED) is 0.442. The van der Waals surface area contributed by atoms with E-state index in [1.165, 1.54) is 4.31 Å². The summed E-state index contributed by atoms with van der Waals surface area (Å²) in [5.74, 6) is -0.297. The maximum Gasteiger partial charge on any atom is 0.255 e. The van der Waals surface area contributed by atoms with Gasteiger partial charge >= 0.3 is 0 Å². The molecule has 0 aliphatic carbocycles. The smallest absolute Gasteiger partial charge is 0.255 e. The summed E-state index contributed by atoms with van der Waals surface area (Å²) < 4.78 is 25.9. The summed E-state index contributed by atoms with van der Waals surface area (Å²) in [4.78, 5) is 12.6. The summed E-state index contributed by atoms with van der Waals surface area (Å²) in [6.07, 6.45) is 1.10. The summed E-state index contributed by atoms with van der Waals surface area (Å²) >= 11 is 18.3. The molecular formula is C22H19Cl3N2O3S. The Balaban J connectivity index is 1.82. The maximum atomic E-state index is 12.6. The number of sulfonamides is 1. The van der Waals surface area contributed by atoms with Crippen molar-refractivity contribution in [2.75, 3.05) is 15.9 Å². The number of aryl methyl sites for hydroxylation is 1. The van der Waals surface area contributed by atoms with Gasteiger partial charge in [-0.2, -0.15) is 0 Å². The average Bonchev–Trinajstić information content (AvgIpc) is 2.71. The monoisotopic (exact) mass is 496 g/mol. The van der Waals surface area contributed by atoms with E-state index in [0.29, 0.717) is 21.8 Å². The highest BCUT2D eigenvalue weighted by Gasteiger charge is 2.21. The Labute approximate surface area is 196 Å². The summed E-state index contributed by atoms with van der Waals surface area (Å²) in [6, 6.07) is 16.7. The van der Waals surface area contributed by atoms with Crippen molar-refractivity contribution >= 4 is 62.1 Å². The molecule has 0 aromatic heterocycles. The molecule has 0 unspecified atom stereocenters. The first-order valence-electron chi connectivity index (χ1n) is 9.14. The average molecular weight is 498 g/mol. The minimum Gasteiger partial charge on any atom is -0.322 e. The van der Waals surface area contributed by atoms with Crippen molar-refractivity contribution < 1.29 is 13.2 Å². The van der Waals surface area contributed by atoms with Crippen LogP contribution in [0.2, 0.25) is 15.1 Å². The zero-order valence-electron chi connectivity index (χ0n) is 16.7. The van der Waals surface area contributed by atoms with E-state index in [1.807, 2.05) is 13.0 Å². The Bertz CT molecular complexity index is 1230. The van der Waals surface area contributed by atoms with Crippen molar-refractivity contribution in [1.82, 2.24) is 0 Å². The molecule has 3 aromatic rings. The maximum absolute atomic E-state index is 12.6. The molecule has 0 bridgehead atoms. The van der Waals surface area contributed by atoms with Crippen molar-refractivity contribution in [2.45, 2.75) is 13.5 Å². The summed E-state index contributed by atoms with van der Waals surface area (Å²) in [5, 5.41) is 3.77. The molecule has 0 radical (unpaired) electrons. The molecule has 0 aliphatic heterocycles. The molecular weight excluding hydrogens is 479 g/mol. The van der Waals surface area contributed by atoms with Crippen LogP contribution >= 0.6 is 34.8 Å². The van der Waals surface area contributed by atoms with Crippen LogP contribution in [0, 0.1) is 6.92 Å². The van der Waals surface area contributed by atoms with Crippen molar-refractivity contribution in [1.29, 1.82) is 0 Å². The van der Waals surface area contributed by atoms with Gasteiger partial charge in [0.15, 0.2) is 0 Å². The van der Waals surface area contributed by atoms with E-state index in [4.69, 9.17) is 34.8 Å². The molecule has 1 N–H and O–H groups in total. The number of halogens is 3. The number of hydrogen-bond acceptors (Lipinski definition) is 3. The van der Waals surface area contributed by atoms with Crippen LogP contribution in [0.5, 0.6) is 0 Å². The molecule has 9 heteroatoms. The minimum atomic E-state index is -3.63. The van der Waals surface area contributed by atoms with Gasteiger partial charge in [-0.15, -0.1) is 0 Å². The number of hydrogen-bond donors (Lipinski definition) is 1. The second-order valence-corrected chi connectivity index (χ2v) is 10.1. The van der Waals surface area contributed by atoms with Crippen molar-refractivity contribution in [3.05, 3.63) is 92.4 Å². The molecule has 5 nitrogen and oxygen atoms in total. The van der Waals surface area contributed by atoms with Crippen LogP contribution < -0.4 is 9.62 Å². The molecule has 0 saturated heterocycles. The fraction of sp³-hybridized carbons (Fsp3) is 0.136. The van der Waals surface area contributed by atoms with Gasteiger partial charge in [-0.05, 0) is 54.4 Å². The molecule has 0 fully saturated rings. The van der Waals surface area contributed by atoms with Gasteiger partial charge in [0.25, 0.3) is 5.91 Å². The first-order chi connectivity index (χ1) is 14.6. The lowest BCUT2D eigenvalue weighted by Crippen LogP contribution is -2.29. The van der Waals surface area contributed by atoms with Gasteiger partial charge in [-0.3, -0.25) is 9.10 Å². The SMILES string of the molecule is Cc1ccc(Cl)cc1NC(=O)c1ccc(CN(c2cccc(Cl)c2Cl)S(C)(=O)=O)cc1. The Hall–Kier alpha value is -2.25. The highest BCUT2D eigenvalue weighted by molar-refractivity contribution is 7.92. The van der Waals surface area contributed by atoms with E-state index in [0.717, 1.165) is 11.8 Å². The molecule has 162 valence electrons. The zero-order valence-corrected chi connectivity index (χ0v) is 19.8. The van der Waals surface area contributed by atoms with Gasteiger partial charge in [0, 0.05) is 16.3 Å². The molecule has 0 spiro atoms. The van der Waals surface area contributed by atoms with Crippen LogP contribution in [0.15, 0.2) is 60.7 Å². The van der Waals surface area contributed by atoms with Gasteiger partial charge in [0.05, 0.1) is 28.5 Å². The van der Waals surface area contributed by atoms with Gasteiger partial charge in [-0.1, -0.05) is 59.1 Å². The number of benzene rings is 3. The van der Waals surface area contributed by atoms with Crippen LogP contribution in [0.4, 0.5) is 11.4 Å². The molecule has 31 heavy (non-hydrogen) atoms. The number of anilines is 2. The molecule has 3 aromatic carbocycles. The highest BCUT2D eigenvalue weighted by Crippen LogP contribution is 2.34. The first-order valence-corrected chi connectivity index (χ1v) is 12.1. The lowest BCUT2D eigenvalue weighted by molar-refractivity contribution is 0.102. The summed E-state index contributed by atoms with van der Waals surface area (Å²) in [6.45, 7) is 1.91. The first kappa shape index (κ1) is 23.4. The number of carbonyl (C=O) groups excluding carboxylic acids is 1. The molecule has 0 heterocycles.